The summed E-state index contributed by atoms with van der Waals surface area (Å²) in [6.07, 6.45) is -9.33. The molecule has 49 heavy (non-hydrogen) atoms. The molecule has 0 aromatic heterocycles. The first-order chi connectivity index (χ1) is 22.8. The second-order valence-electron chi connectivity index (χ2n) is 11.1. The Hall–Kier alpha value is -4.47. The molecule has 0 bridgehead atoms. The summed E-state index contributed by atoms with van der Waals surface area (Å²) in [6.45, 7) is 1.23. The van der Waals surface area contributed by atoms with Crippen molar-refractivity contribution in [2.75, 3.05) is 28.2 Å². The Balaban J connectivity index is 0.000000267. The quantitative estimate of drug-likeness (QED) is 0.145. The third kappa shape index (κ3) is 14.7. The largest absolute Gasteiger partial charge is 0.573 e. The molecular weight excluding hydrogens is 724 g/mol. The molecule has 0 fully saturated rings. The fourth-order valence-corrected chi connectivity index (χ4v) is 4.62. The Bertz CT molecular complexity index is 1670. The van der Waals surface area contributed by atoms with E-state index in [4.69, 9.17) is 15.2 Å². The standard InChI is InChI=1S/C18H19F3N2O3.C16H15BrF3NO2/c1-23(2)11-13-9-12(10-17(22)24)3-8-16(13)25-14-4-6-15(7-5-14)26-18(19,20)21;1-21(2)10-11-3-4-12(17)9-15(11)22-13-5-7-14(8-6-13)23-16(18,19)20/h3-9H,10-11H2,1-2H3,(H2,22,24);3-9H,10H2,1-2H3. The lowest BCUT2D eigenvalue weighted by atomic mass is 10.1. The third-order valence-electron chi connectivity index (χ3n) is 6.08. The third-order valence-corrected chi connectivity index (χ3v) is 6.57. The second kappa shape index (κ2) is 17.3. The Morgan fingerprint density at radius 2 is 1.08 bits per heavy atom. The maximum atomic E-state index is 12.2. The number of carbonyl (C=O) groups is 1. The van der Waals surface area contributed by atoms with Crippen molar-refractivity contribution >= 4 is 21.8 Å². The maximum absolute atomic E-state index is 12.2. The number of benzene rings is 4. The number of ether oxygens (including phenoxy) is 4. The average Bonchev–Trinajstić information content (AvgIpc) is 2.96. The summed E-state index contributed by atoms with van der Waals surface area (Å²) < 4.78 is 93.1. The predicted octanol–water partition coefficient (Wildman–Crippen LogP) is 8.67. The fourth-order valence-electron chi connectivity index (χ4n) is 4.28. The van der Waals surface area contributed by atoms with Gasteiger partial charge in [0.15, 0.2) is 0 Å². The van der Waals surface area contributed by atoms with E-state index in [0.29, 0.717) is 36.1 Å². The number of nitrogens with zero attached hydrogens (tertiary/aromatic N) is 2. The lowest BCUT2D eigenvalue weighted by Crippen LogP contribution is -2.17. The highest BCUT2D eigenvalue weighted by atomic mass is 79.9. The second-order valence-corrected chi connectivity index (χ2v) is 12.0. The van der Waals surface area contributed by atoms with Gasteiger partial charge in [0.1, 0.15) is 34.5 Å². The van der Waals surface area contributed by atoms with Gasteiger partial charge in [-0.25, -0.2) is 0 Å². The van der Waals surface area contributed by atoms with Crippen molar-refractivity contribution in [3.05, 3.63) is 106 Å². The molecule has 4 aromatic carbocycles. The molecule has 4 rings (SSSR count). The summed E-state index contributed by atoms with van der Waals surface area (Å²) in [5.74, 6) is 0.922. The van der Waals surface area contributed by atoms with Crippen LogP contribution in [0.4, 0.5) is 26.3 Å². The molecule has 0 unspecified atom stereocenters. The van der Waals surface area contributed by atoms with Gasteiger partial charge in [-0.15, -0.1) is 26.3 Å². The van der Waals surface area contributed by atoms with Gasteiger partial charge in [-0.2, -0.15) is 0 Å². The van der Waals surface area contributed by atoms with Gasteiger partial charge >= 0.3 is 12.7 Å². The van der Waals surface area contributed by atoms with Gasteiger partial charge in [-0.05, 0) is 100 Å². The molecule has 1 amide bonds. The predicted molar refractivity (Wildman–Crippen MR) is 175 cm³/mol. The molecule has 15 heteroatoms. The average molecular weight is 759 g/mol. The molecule has 0 radical (unpaired) electrons. The van der Waals surface area contributed by atoms with Crippen LogP contribution < -0.4 is 24.7 Å². The van der Waals surface area contributed by atoms with E-state index in [1.807, 2.05) is 62.3 Å². The zero-order valence-corrected chi connectivity index (χ0v) is 28.4. The Morgan fingerprint density at radius 3 is 1.53 bits per heavy atom. The van der Waals surface area contributed by atoms with Gasteiger partial charge in [-0.3, -0.25) is 4.79 Å². The van der Waals surface area contributed by atoms with Crippen LogP contribution in [0.3, 0.4) is 0 Å². The van der Waals surface area contributed by atoms with E-state index in [9.17, 15) is 31.1 Å². The summed E-state index contributed by atoms with van der Waals surface area (Å²) >= 11 is 3.38. The highest BCUT2D eigenvalue weighted by Crippen LogP contribution is 2.32. The van der Waals surface area contributed by atoms with Crippen LogP contribution in [0.15, 0.2) is 89.4 Å². The first-order valence-corrected chi connectivity index (χ1v) is 15.2. The molecule has 4 aromatic rings. The van der Waals surface area contributed by atoms with Crippen LogP contribution in [0, 0.1) is 0 Å². The summed E-state index contributed by atoms with van der Waals surface area (Å²) in [4.78, 5) is 15.0. The Labute approximate surface area is 288 Å². The lowest BCUT2D eigenvalue weighted by Gasteiger charge is -2.16. The zero-order chi connectivity index (χ0) is 36.4. The molecule has 0 spiro atoms. The van der Waals surface area contributed by atoms with Crippen molar-refractivity contribution in [3.63, 3.8) is 0 Å². The van der Waals surface area contributed by atoms with Crippen molar-refractivity contribution < 1.29 is 50.1 Å². The number of halogens is 7. The van der Waals surface area contributed by atoms with Gasteiger partial charge in [0.2, 0.25) is 5.91 Å². The molecule has 0 aliphatic heterocycles. The summed E-state index contributed by atoms with van der Waals surface area (Å²) in [5, 5.41) is 0. The number of nitrogens with two attached hydrogens (primary N) is 1. The zero-order valence-electron chi connectivity index (χ0n) is 26.9. The van der Waals surface area contributed by atoms with E-state index in [0.717, 1.165) is 21.2 Å². The molecule has 0 saturated carbocycles. The summed E-state index contributed by atoms with van der Waals surface area (Å²) in [6, 6.07) is 21.3. The molecule has 0 aliphatic carbocycles. The van der Waals surface area contributed by atoms with Gasteiger partial charge in [0, 0.05) is 28.7 Å². The normalized spacial score (nSPS) is 11.5. The van der Waals surface area contributed by atoms with Gasteiger partial charge in [0.05, 0.1) is 6.42 Å². The van der Waals surface area contributed by atoms with Crippen LogP contribution in [-0.2, 0) is 24.3 Å². The number of primary amides is 1. The van der Waals surface area contributed by atoms with E-state index in [-0.39, 0.29) is 17.9 Å². The van der Waals surface area contributed by atoms with Crippen molar-refractivity contribution in [2.24, 2.45) is 5.73 Å². The molecule has 264 valence electrons. The number of alkyl halides is 6. The Kier molecular flexibility index (Phi) is 13.7. The minimum absolute atomic E-state index is 0.115. The fraction of sp³-hybridized carbons (Fsp3) is 0.265. The molecule has 0 atom stereocenters. The molecule has 0 saturated heterocycles. The van der Waals surface area contributed by atoms with Gasteiger partial charge in [-0.1, -0.05) is 34.1 Å². The van der Waals surface area contributed by atoms with Crippen molar-refractivity contribution in [1.29, 1.82) is 0 Å². The smallest absolute Gasteiger partial charge is 0.457 e. The van der Waals surface area contributed by atoms with Gasteiger partial charge < -0.3 is 34.5 Å². The highest BCUT2D eigenvalue weighted by molar-refractivity contribution is 9.10. The first-order valence-electron chi connectivity index (χ1n) is 14.4. The SMILES string of the molecule is CN(C)Cc1cc(CC(N)=O)ccc1Oc1ccc(OC(F)(F)F)cc1.CN(C)Cc1ccc(Br)cc1Oc1ccc(OC(F)(F)F)cc1. The molecule has 8 nitrogen and oxygen atoms in total. The van der Waals surface area contributed by atoms with Crippen molar-refractivity contribution in [1.82, 2.24) is 9.80 Å². The van der Waals surface area contributed by atoms with E-state index < -0.39 is 18.6 Å². The van der Waals surface area contributed by atoms with E-state index >= 15 is 0 Å². The van der Waals surface area contributed by atoms with Crippen LogP contribution >= 0.6 is 15.9 Å². The molecular formula is C34H34BrF6N3O5. The first kappa shape index (κ1) is 39.0. The molecule has 0 aliphatic rings. The number of hydrogen-bond acceptors (Lipinski definition) is 7. The highest BCUT2D eigenvalue weighted by Gasteiger charge is 2.31. The van der Waals surface area contributed by atoms with Crippen LogP contribution in [0.2, 0.25) is 0 Å². The van der Waals surface area contributed by atoms with Crippen molar-refractivity contribution in [2.45, 2.75) is 32.2 Å². The number of amides is 1. The van der Waals surface area contributed by atoms with Crippen LogP contribution in [0.1, 0.15) is 16.7 Å². The molecule has 0 heterocycles. The summed E-state index contributed by atoms with van der Waals surface area (Å²) in [5.41, 5.74) is 7.77. The van der Waals surface area contributed by atoms with Crippen molar-refractivity contribution in [3.8, 4) is 34.5 Å². The minimum Gasteiger partial charge on any atom is -0.457 e. The van der Waals surface area contributed by atoms with Gasteiger partial charge in [0.25, 0.3) is 0 Å². The van der Waals surface area contributed by atoms with E-state index in [1.165, 1.54) is 48.5 Å². The van der Waals surface area contributed by atoms with Crippen LogP contribution in [-0.4, -0.2) is 56.6 Å². The number of carbonyl (C=O) groups excluding carboxylic acids is 1. The van der Waals surface area contributed by atoms with Crippen LogP contribution in [0.25, 0.3) is 0 Å². The van der Waals surface area contributed by atoms with E-state index in [1.54, 1.807) is 12.1 Å². The lowest BCUT2D eigenvalue weighted by molar-refractivity contribution is -0.275. The molecule has 2 N–H and O–H groups in total. The maximum Gasteiger partial charge on any atom is 0.573 e. The number of hydrogen-bond donors (Lipinski definition) is 1. The van der Waals surface area contributed by atoms with Crippen LogP contribution in [0.5, 0.6) is 34.5 Å². The number of rotatable bonds is 12. The monoisotopic (exact) mass is 757 g/mol. The summed E-state index contributed by atoms with van der Waals surface area (Å²) in [7, 11) is 7.64. The Morgan fingerprint density at radius 1 is 0.633 bits per heavy atom. The van der Waals surface area contributed by atoms with E-state index in [2.05, 4.69) is 25.4 Å². The minimum atomic E-state index is -4.74. The topological polar surface area (TPSA) is 86.5 Å².